The maximum absolute atomic E-state index is 11.9. The Morgan fingerprint density at radius 3 is 2.89 bits per heavy atom. The summed E-state index contributed by atoms with van der Waals surface area (Å²) in [6, 6.07) is 16.5. The quantitative estimate of drug-likeness (QED) is 0.127. The number of nitro benzene ring substituents is 1. The number of thioether (sulfide) groups is 1. The number of aromatic nitrogens is 2. The molecular formula is C24H19N5O3S3. The second-order valence-corrected chi connectivity index (χ2v) is 11.1. The summed E-state index contributed by atoms with van der Waals surface area (Å²) in [4.78, 5) is 37.0. The van der Waals surface area contributed by atoms with Crippen molar-refractivity contribution in [2.24, 2.45) is 4.99 Å². The average molecular weight is 522 g/mol. The van der Waals surface area contributed by atoms with Gasteiger partial charge in [0.25, 0.3) is 5.69 Å². The van der Waals surface area contributed by atoms with E-state index in [1.807, 2.05) is 30.3 Å². The molecule has 1 N–H and O–H groups in total. The van der Waals surface area contributed by atoms with E-state index in [2.05, 4.69) is 20.3 Å². The average Bonchev–Trinajstić information content (AvgIpc) is 3.58. The standard InChI is InChI=1S/C24H19N5O3S3/c30-22(27-16-5-6-16)14-33-24-28-18-8-7-17(12-21(18)35-24)26-13-15-4-9-20(19(11-15)29(31)32)34-23-3-1-2-10-25-23/h1-4,7-13,16H,5-6,14H2,(H,27,30). The van der Waals surface area contributed by atoms with E-state index in [4.69, 9.17) is 0 Å². The number of rotatable bonds is 9. The number of hydrogen-bond donors (Lipinski definition) is 1. The fraction of sp³-hybridized carbons (Fsp3) is 0.167. The third-order valence-corrected chi connectivity index (χ3v) is 8.19. The van der Waals surface area contributed by atoms with E-state index in [-0.39, 0.29) is 11.6 Å². The molecule has 0 bridgehead atoms. The maximum atomic E-state index is 11.9. The van der Waals surface area contributed by atoms with E-state index in [9.17, 15) is 14.9 Å². The molecule has 1 aliphatic carbocycles. The highest BCUT2D eigenvalue weighted by Gasteiger charge is 2.23. The summed E-state index contributed by atoms with van der Waals surface area (Å²) in [6.07, 6.45) is 5.41. The smallest absolute Gasteiger partial charge is 0.283 e. The largest absolute Gasteiger partial charge is 0.353 e. The number of thiazole rings is 1. The van der Waals surface area contributed by atoms with Gasteiger partial charge in [-0.25, -0.2) is 9.97 Å². The Bertz CT molecular complexity index is 1420. The van der Waals surface area contributed by atoms with Gasteiger partial charge in [0.15, 0.2) is 4.34 Å². The van der Waals surface area contributed by atoms with Gasteiger partial charge < -0.3 is 5.32 Å². The SMILES string of the molecule is O=C(CSc1nc2ccc(N=Cc3ccc(Sc4ccccn4)c([N+](=O)[O-])c3)cc2s1)NC1CC1. The van der Waals surface area contributed by atoms with E-state index in [1.165, 1.54) is 40.9 Å². The van der Waals surface area contributed by atoms with Gasteiger partial charge in [-0.2, -0.15) is 0 Å². The lowest BCUT2D eigenvalue weighted by Crippen LogP contribution is -2.26. The first-order valence-electron chi connectivity index (χ1n) is 10.8. The van der Waals surface area contributed by atoms with Crippen molar-refractivity contribution in [3.63, 3.8) is 0 Å². The number of aliphatic imine (C=N–C) groups is 1. The van der Waals surface area contributed by atoms with Gasteiger partial charge in [0.2, 0.25) is 5.91 Å². The summed E-state index contributed by atoms with van der Waals surface area (Å²) in [6.45, 7) is 0. The molecule has 2 heterocycles. The van der Waals surface area contributed by atoms with Gasteiger partial charge >= 0.3 is 0 Å². The highest BCUT2D eigenvalue weighted by atomic mass is 32.2. The third kappa shape index (κ3) is 6.24. The zero-order valence-corrected chi connectivity index (χ0v) is 20.7. The van der Waals surface area contributed by atoms with E-state index in [0.29, 0.717) is 27.3 Å². The van der Waals surface area contributed by atoms with Crippen molar-refractivity contribution in [3.8, 4) is 0 Å². The molecule has 0 spiro atoms. The van der Waals surface area contributed by atoms with Crippen LogP contribution in [0.3, 0.4) is 0 Å². The molecule has 1 aliphatic rings. The van der Waals surface area contributed by atoms with Crippen LogP contribution in [-0.4, -0.2) is 38.8 Å². The lowest BCUT2D eigenvalue weighted by Gasteiger charge is -2.03. The first kappa shape index (κ1) is 23.5. The molecule has 0 saturated heterocycles. The Balaban J connectivity index is 1.28. The minimum absolute atomic E-state index is 0.00917. The number of nitro groups is 1. The van der Waals surface area contributed by atoms with Gasteiger partial charge in [0, 0.05) is 24.5 Å². The van der Waals surface area contributed by atoms with Crippen molar-refractivity contribution in [2.75, 3.05) is 5.75 Å². The molecule has 2 aromatic heterocycles. The summed E-state index contributed by atoms with van der Waals surface area (Å²) in [7, 11) is 0. The van der Waals surface area contributed by atoms with Crippen LogP contribution in [0.2, 0.25) is 0 Å². The predicted molar refractivity (Wildman–Crippen MR) is 140 cm³/mol. The maximum Gasteiger partial charge on any atom is 0.283 e. The van der Waals surface area contributed by atoms with E-state index in [1.54, 1.807) is 30.6 Å². The molecule has 2 aromatic carbocycles. The number of pyridine rings is 1. The van der Waals surface area contributed by atoms with Gasteiger partial charge in [-0.3, -0.25) is 19.9 Å². The van der Waals surface area contributed by atoms with Crippen LogP contribution < -0.4 is 5.32 Å². The zero-order chi connectivity index (χ0) is 24.2. The molecule has 0 aliphatic heterocycles. The molecule has 0 atom stereocenters. The topological polar surface area (TPSA) is 110 Å². The minimum atomic E-state index is -0.393. The fourth-order valence-electron chi connectivity index (χ4n) is 3.17. The Kier molecular flexibility index (Phi) is 7.07. The van der Waals surface area contributed by atoms with Crippen LogP contribution >= 0.6 is 34.9 Å². The number of carbonyl (C=O) groups is 1. The summed E-state index contributed by atoms with van der Waals surface area (Å²) in [5.74, 6) is 0.398. The number of nitrogens with zero attached hydrogens (tertiary/aromatic N) is 4. The van der Waals surface area contributed by atoms with Gasteiger partial charge in [0.1, 0.15) is 5.03 Å². The number of amides is 1. The van der Waals surface area contributed by atoms with E-state index in [0.717, 1.165) is 33.1 Å². The fourth-order valence-corrected chi connectivity index (χ4v) is 5.94. The van der Waals surface area contributed by atoms with E-state index >= 15 is 0 Å². The molecule has 5 rings (SSSR count). The molecule has 8 nitrogen and oxygen atoms in total. The molecule has 0 unspecified atom stereocenters. The third-order valence-electron chi connectivity index (χ3n) is 5.02. The molecule has 4 aromatic rings. The summed E-state index contributed by atoms with van der Waals surface area (Å²) >= 11 is 4.20. The lowest BCUT2D eigenvalue weighted by molar-refractivity contribution is -0.387. The molecule has 1 amide bonds. The molecule has 0 radical (unpaired) electrons. The number of benzene rings is 2. The van der Waals surface area contributed by atoms with Crippen molar-refractivity contribution in [1.82, 2.24) is 15.3 Å². The predicted octanol–water partition coefficient (Wildman–Crippen LogP) is 5.87. The molecule has 11 heteroatoms. The first-order valence-corrected chi connectivity index (χ1v) is 13.4. The van der Waals surface area contributed by atoms with Crippen LogP contribution in [0.4, 0.5) is 11.4 Å². The normalized spacial score (nSPS) is 13.4. The van der Waals surface area contributed by atoms with E-state index < -0.39 is 4.92 Å². The van der Waals surface area contributed by atoms with Crippen molar-refractivity contribution < 1.29 is 9.72 Å². The molecular weight excluding hydrogens is 502 g/mol. The van der Waals surface area contributed by atoms with Crippen molar-refractivity contribution >= 4 is 68.6 Å². The van der Waals surface area contributed by atoms with Gasteiger partial charge in [-0.15, -0.1) is 11.3 Å². The summed E-state index contributed by atoms with van der Waals surface area (Å²) < 4.78 is 1.81. The molecule has 1 fully saturated rings. The van der Waals surface area contributed by atoms with Gasteiger partial charge in [-0.1, -0.05) is 35.7 Å². The minimum Gasteiger partial charge on any atom is -0.353 e. The van der Waals surface area contributed by atoms with Gasteiger partial charge in [0.05, 0.1) is 31.5 Å². The van der Waals surface area contributed by atoms with Crippen LogP contribution in [0.1, 0.15) is 18.4 Å². The summed E-state index contributed by atoms with van der Waals surface area (Å²) in [5, 5.41) is 15.3. The van der Waals surface area contributed by atoms with Crippen LogP contribution in [-0.2, 0) is 4.79 Å². The van der Waals surface area contributed by atoms with Crippen LogP contribution in [0.15, 0.2) is 80.0 Å². The number of carbonyl (C=O) groups excluding carboxylic acids is 1. The van der Waals surface area contributed by atoms with Crippen LogP contribution in [0, 0.1) is 10.1 Å². The van der Waals surface area contributed by atoms with Crippen LogP contribution in [0.5, 0.6) is 0 Å². The lowest BCUT2D eigenvalue weighted by atomic mass is 10.2. The molecule has 35 heavy (non-hydrogen) atoms. The van der Waals surface area contributed by atoms with Crippen molar-refractivity contribution in [2.45, 2.75) is 33.1 Å². The first-order chi connectivity index (χ1) is 17.0. The summed E-state index contributed by atoms with van der Waals surface area (Å²) in [5.41, 5.74) is 2.21. The Labute approximate surface area is 213 Å². The number of fused-ring (bicyclic) bond motifs is 1. The second-order valence-electron chi connectivity index (χ2n) is 7.77. The molecule has 176 valence electrons. The van der Waals surface area contributed by atoms with Gasteiger partial charge in [-0.05, 0) is 54.8 Å². The van der Waals surface area contributed by atoms with Crippen molar-refractivity contribution in [1.29, 1.82) is 0 Å². The Morgan fingerprint density at radius 1 is 1.23 bits per heavy atom. The second kappa shape index (κ2) is 10.5. The Hall–Kier alpha value is -3.28. The van der Waals surface area contributed by atoms with Crippen molar-refractivity contribution in [3.05, 3.63) is 76.5 Å². The number of hydrogen-bond acceptors (Lipinski definition) is 9. The molecule has 1 saturated carbocycles. The zero-order valence-electron chi connectivity index (χ0n) is 18.3. The number of nitrogens with one attached hydrogen (secondary N) is 1. The van der Waals surface area contributed by atoms with Crippen LogP contribution in [0.25, 0.3) is 10.2 Å². The Morgan fingerprint density at radius 2 is 2.11 bits per heavy atom. The highest BCUT2D eigenvalue weighted by molar-refractivity contribution is 8.01. The highest BCUT2D eigenvalue weighted by Crippen LogP contribution is 2.35. The monoisotopic (exact) mass is 521 g/mol.